The van der Waals surface area contributed by atoms with Crippen LogP contribution in [0.1, 0.15) is 38.5 Å². The summed E-state index contributed by atoms with van der Waals surface area (Å²) in [5, 5.41) is 6.18. The van der Waals surface area contributed by atoms with Crippen LogP contribution in [0.4, 0.5) is 5.69 Å². The van der Waals surface area contributed by atoms with E-state index in [4.69, 9.17) is 0 Å². The van der Waals surface area contributed by atoms with Crippen molar-refractivity contribution in [1.29, 1.82) is 0 Å². The van der Waals surface area contributed by atoms with Gasteiger partial charge in [-0.15, -0.1) is 0 Å². The number of anilines is 1. The largest absolute Gasteiger partial charge is 0.385 e. The number of benzene rings is 2. The summed E-state index contributed by atoms with van der Waals surface area (Å²) in [4.78, 5) is 0. The first-order valence-electron chi connectivity index (χ1n) is 7.74. The Morgan fingerprint density at radius 3 is 2.55 bits per heavy atom. The van der Waals surface area contributed by atoms with E-state index in [0.29, 0.717) is 0 Å². The maximum absolute atomic E-state index is 3.59. The molecule has 106 valence electrons. The first-order valence-corrected chi connectivity index (χ1v) is 8.54. The van der Waals surface area contributed by atoms with Gasteiger partial charge in [0.15, 0.2) is 0 Å². The van der Waals surface area contributed by atoms with Crippen LogP contribution in [0.25, 0.3) is 10.8 Å². The van der Waals surface area contributed by atoms with Crippen molar-refractivity contribution in [2.24, 2.45) is 5.92 Å². The molecule has 1 N–H and O–H groups in total. The summed E-state index contributed by atoms with van der Waals surface area (Å²) in [7, 11) is 0. The smallest absolute Gasteiger partial charge is 0.0346 e. The molecular formula is C18H22BrN. The van der Waals surface area contributed by atoms with Gasteiger partial charge in [-0.3, -0.25) is 0 Å². The first kappa shape index (κ1) is 13.9. The van der Waals surface area contributed by atoms with Gasteiger partial charge in [0.25, 0.3) is 0 Å². The Labute approximate surface area is 129 Å². The molecule has 0 heterocycles. The first-order chi connectivity index (χ1) is 9.81. The van der Waals surface area contributed by atoms with Gasteiger partial charge in [0.2, 0.25) is 0 Å². The van der Waals surface area contributed by atoms with Crippen LogP contribution in [0.15, 0.2) is 40.9 Å². The third-order valence-corrected chi connectivity index (χ3v) is 4.90. The van der Waals surface area contributed by atoms with Crippen molar-refractivity contribution in [2.45, 2.75) is 38.5 Å². The molecule has 1 aliphatic carbocycles. The normalized spacial score (nSPS) is 16.4. The van der Waals surface area contributed by atoms with Crippen LogP contribution in [0.3, 0.4) is 0 Å². The highest BCUT2D eigenvalue weighted by atomic mass is 79.9. The van der Waals surface area contributed by atoms with E-state index >= 15 is 0 Å². The second kappa shape index (κ2) is 6.62. The van der Waals surface area contributed by atoms with Gasteiger partial charge in [-0.05, 0) is 47.4 Å². The molecule has 0 spiro atoms. The zero-order chi connectivity index (χ0) is 13.8. The molecule has 2 aromatic carbocycles. The third kappa shape index (κ3) is 3.54. The van der Waals surface area contributed by atoms with Crippen molar-refractivity contribution in [3.05, 3.63) is 40.9 Å². The van der Waals surface area contributed by atoms with Crippen molar-refractivity contribution >= 4 is 32.4 Å². The van der Waals surface area contributed by atoms with Gasteiger partial charge in [-0.1, -0.05) is 60.2 Å². The molecule has 20 heavy (non-hydrogen) atoms. The van der Waals surface area contributed by atoms with E-state index in [0.717, 1.165) is 16.9 Å². The lowest BCUT2D eigenvalue weighted by atomic mass is 9.87. The summed E-state index contributed by atoms with van der Waals surface area (Å²) in [5.41, 5.74) is 1.25. The SMILES string of the molecule is Brc1ccc2cc(NCCC3CCCCC3)ccc2c1. The monoisotopic (exact) mass is 331 g/mol. The number of fused-ring (bicyclic) bond motifs is 1. The molecule has 1 fully saturated rings. The average Bonchev–Trinajstić information content (AvgIpc) is 2.48. The minimum atomic E-state index is 0.952. The van der Waals surface area contributed by atoms with Crippen LogP contribution in [-0.2, 0) is 0 Å². The second-order valence-electron chi connectivity index (χ2n) is 5.93. The number of hydrogen-bond donors (Lipinski definition) is 1. The Balaban J connectivity index is 1.58. The Morgan fingerprint density at radius 2 is 1.70 bits per heavy atom. The van der Waals surface area contributed by atoms with Gasteiger partial charge in [0, 0.05) is 16.7 Å². The van der Waals surface area contributed by atoms with Crippen LogP contribution in [-0.4, -0.2) is 6.54 Å². The summed E-state index contributed by atoms with van der Waals surface area (Å²) in [5.74, 6) is 0.952. The van der Waals surface area contributed by atoms with Crippen molar-refractivity contribution in [3.63, 3.8) is 0 Å². The van der Waals surface area contributed by atoms with Crippen molar-refractivity contribution in [1.82, 2.24) is 0 Å². The number of halogens is 1. The molecule has 2 aromatic rings. The topological polar surface area (TPSA) is 12.0 Å². The highest BCUT2D eigenvalue weighted by molar-refractivity contribution is 9.10. The summed E-state index contributed by atoms with van der Waals surface area (Å²) < 4.78 is 1.14. The molecule has 0 unspecified atom stereocenters. The fourth-order valence-electron chi connectivity index (χ4n) is 3.22. The van der Waals surface area contributed by atoms with Crippen LogP contribution >= 0.6 is 15.9 Å². The highest BCUT2D eigenvalue weighted by Gasteiger charge is 2.12. The molecule has 0 amide bonds. The molecular weight excluding hydrogens is 310 g/mol. The molecule has 0 aliphatic heterocycles. The van der Waals surface area contributed by atoms with Gasteiger partial charge in [0.1, 0.15) is 0 Å². The zero-order valence-corrected chi connectivity index (χ0v) is 13.5. The molecule has 2 heteroatoms. The quantitative estimate of drug-likeness (QED) is 0.726. The molecule has 1 nitrogen and oxygen atoms in total. The van der Waals surface area contributed by atoms with Gasteiger partial charge in [-0.2, -0.15) is 0 Å². The Morgan fingerprint density at radius 1 is 0.950 bits per heavy atom. The Kier molecular flexibility index (Phi) is 4.62. The van der Waals surface area contributed by atoms with E-state index in [1.165, 1.54) is 55.0 Å². The lowest BCUT2D eigenvalue weighted by molar-refractivity contribution is 0.345. The second-order valence-corrected chi connectivity index (χ2v) is 6.84. The Bertz CT molecular complexity index is 573. The zero-order valence-electron chi connectivity index (χ0n) is 11.9. The standard InChI is InChI=1S/C18H22BrN/c19-17-8-6-16-13-18(9-7-15(16)12-17)20-11-10-14-4-2-1-3-5-14/h6-9,12-14,20H,1-5,10-11H2. The molecule has 0 aromatic heterocycles. The molecule has 0 atom stereocenters. The van der Waals surface area contributed by atoms with Crippen molar-refractivity contribution in [2.75, 3.05) is 11.9 Å². The van der Waals surface area contributed by atoms with Crippen LogP contribution < -0.4 is 5.32 Å². The van der Waals surface area contributed by atoms with Gasteiger partial charge in [0.05, 0.1) is 0 Å². The van der Waals surface area contributed by atoms with Crippen molar-refractivity contribution in [3.8, 4) is 0 Å². The minimum absolute atomic E-state index is 0.952. The van der Waals surface area contributed by atoms with Crippen LogP contribution in [0, 0.1) is 5.92 Å². The molecule has 1 aliphatic rings. The third-order valence-electron chi connectivity index (χ3n) is 4.41. The number of hydrogen-bond acceptors (Lipinski definition) is 1. The average molecular weight is 332 g/mol. The fourth-order valence-corrected chi connectivity index (χ4v) is 3.60. The predicted octanol–water partition coefficient (Wildman–Crippen LogP) is 5.98. The lowest BCUT2D eigenvalue weighted by Crippen LogP contribution is -2.12. The predicted molar refractivity (Wildman–Crippen MR) is 91.3 cm³/mol. The maximum Gasteiger partial charge on any atom is 0.0346 e. The maximum atomic E-state index is 3.59. The fraction of sp³-hybridized carbons (Fsp3) is 0.444. The molecule has 1 saturated carbocycles. The molecule has 0 radical (unpaired) electrons. The van der Waals surface area contributed by atoms with E-state index < -0.39 is 0 Å². The minimum Gasteiger partial charge on any atom is -0.385 e. The van der Waals surface area contributed by atoms with Gasteiger partial charge in [-0.25, -0.2) is 0 Å². The number of rotatable bonds is 4. The van der Waals surface area contributed by atoms with E-state index in [9.17, 15) is 0 Å². The lowest BCUT2D eigenvalue weighted by Gasteiger charge is -2.21. The van der Waals surface area contributed by atoms with Crippen LogP contribution in [0.2, 0.25) is 0 Å². The summed E-state index contributed by atoms with van der Waals surface area (Å²) in [6.45, 7) is 1.10. The molecule has 0 bridgehead atoms. The van der Waals surface area contributed by atoms with E-state index in [1.54, 1.807) is 0 Å². The van der Waals surface area contributed by atoms with Crippen molar-refractivity contribution < 1.29 is 0 Å². The van der Waals surface area contributed by atoms with E-state index in [1.807, 2.05) is 0 Å². The summed E-state index contributed by atoms with van der Waals surface area (Å²) in [6, 6.07) is 13.1. The van der Waals surface area contributed by atoms with E-state index in [2.05, 4.69) is 57.6 Å². The molecule has 0 saturated heterocycles. The van der Waals surface area contributed by atoms with Gasteiger partial charge >= 0.3 is 0 Å². The molecule has 3 rings (SSSR count). The highest BCUT2D eigenvalue weighted by Crippen LogP contribution is 2.27. The number of nitrogens with one attached hydrogen (secondary N) is 1. The summed E-state index contributed by atoms with van der Waals surface area (Å²) >= 11 is 3.52. The van der Waals surface area contributed by atoms with E-state index in [-0.39, 0.29) is 0 Å². The van der Waals surface area contributed by atoms with Gasteiger partial charge < -0.3 is 5.32 Å². The van der Waals surface area contributed by atoms with Crippen LogP contribution in [0.5, 0.6) is 0 Å². The Hall–Kier alpha value is -1.02. The summed E-state index contributed by atoms with van der Waals surface area (Å²) in [6.07, 6.45) is 8.52.